The number of carbonyl (C=O) groups excluding carboxylic acids is 1. The molecule has 1 amide bonds. The maximum atomic E-state index is 11.7. The fraction of sp³-hybridized carbons (Fsp3) is 0.538. The van der Waals surface area contributed by atoms with Crippen LogP contribution in [0.25, 0.3) is 0 Å². The number of nitrogens with two attached hydrogens (primary N) is 1. The molecule has 1 heterocycles. The van der Waals surface area contributed by atoms with Crippen molar-refractivity contribution < 1.29 is 9.00 Å². The summed E-state index contributed by atoms with van der Waals surface area (Å²) < 4.78 is 14.5. The minimum Gasteiger partial charge on any atom is -0.364 e. The molecule has 1 atom stereocenters. The van der Waals surface area contributed by atoms with Crippen molar-refractivity contribution in [1.29, 1.82) is 0 Å². The van der Waals surface area contributed by atoms with Crippen LogP contribution in [0, 0.1) is 0 Å². The summed E-state index contributed by atoms with van der Waals surface area (Å²) in [5.41, 5.74) is 6.46. The summed E-state index contributed by atoms with van der Waals surface area (Å²) in [6, 6.07) is 3.55. The van der Waals surface area contributed by atoms with Gasteiger partial charge >= 0.3 is 0 Å². The van der Waals surface area contributed by atoms with E-state index in [1.54, 1.807) is 12.3 Å². The predicted octanol–water partition coefficient (Wildman–Crippen LogP) is 1.16. The molecular weight excluding hydrogens is 262 g/mol. The van der Waals surface area contributed by atoms with Gasteiger partial charge in [0.2, 0.25) is 0 Å². The van der Waals surface area contributed by atoms with Gasteiger partial charge in [-0.1, -0.05) is 0 Å². The van der Waals surface area contributed by atoms with Crippen molar-refractivity contribution in [2.45, 2.75) is 38.4 Å². The molecule has 1 unspecified atom stereocenters. The number of amides is 1. The van der Waals surface area contributed by atoms with Crippen molar-refractivity contribution in [1.82, 2.24) is 9.71 Å². The molecule has 19 heavy (non-hydrogen) atoms. The van der Waals surface area contributed by atoms with Gasteiger partial charge in [0, 0.05) is 12.7 Å². The molecule has 3 N–H and O–H groups in total. The summed E-state index contributed by atoms with van der Waals surface area (Å²) >= 11 is 0. The second-order valence-corrected chi connectivity index (χ2v) is 7.34. The van der Waals surface area contributed by atoms with E-state index in [0.717, 1.165) is 18.4 Å². The van der Waals surface area contributed by atoms with E-state index in [9.17, 15) is 9.00 Å². The van der Waals surface area contributed by atoms with Crippen LogP contribution in [0.15, 0.2) is 18.3 Å². The molecule has 0 aliphatic heterocycles. The van der Waals surface area contributed by atoms with Gasteiger partial charge in [-0.3, -0.25) is 9.78 Å². The van der Waals surface area contributed by atoms with Crippen molar-refractivity contribution in [2.75, 3.05) is 6.54 Å². The van der Waals surface area contributed by atoms with E-state index < -0.39 is 16.9 Å². The molecule has 1 rings (SSSR count). The molecule has 1 aromatic rings. The molecule has 0 aromatic carbocycles. The third kappa shape index (κ3) is 5.48. The molecule has 6 heteroatoms. The number of rotatable bonds is 6. The van der Waals surface area contributed by atoms with Crippen molar-refractivity contribution in [2.24, 2.45) is 5.73 Å². The van der Waals surface area contributed by atoms with Crippen LogP contribution in [0.1, 0.15) is 43.2 Å². The Morgan fingerprint density at radius 3 is 2.74 bits per heavy atom. The van der Waals surface area contributed by atoms with Crippen molar-refractivity contribution in [3.05, 3.63) is 29.6 Å². The quantitative estimate of drug-likeness (QED) is 0.768. The Hall–Kier alpha value is -1.27. The molecule has 0 bridgehead atoms. The van der Waals surface area contributed by atoms with Gasteiger partial charge in [-0.25, -0.2) is 8.93 Å². The maximum absolute atomic E-state index is 11.7. The Bertz CT molecular complexity index is 469. The summed E-state index contributed by atoms with van der Waals surface area (Å²) in [6.45, 7) is 6.45. The van der Waals surface area contributed by atoms with E-state index >= 15 is 0 Å². The minimum absolute atomic E-state index is 0.254. The molecule has 5 nitrogen and oxygen atoms in total. The van der Waals surface area contributed by atoms with E-state index in [4.69, 9.17) is 5.73 Å². The number of carbonyl (C=O) groups is 1. The van der Waals surface area contributed by atoms with Crippen LogP contribution in [-0.2, 0) is 17.4 Å². The topological polar surface area (TPSA) is 85.1 Å². The number of hydrogen-bond acceptors (Lipinski definition) is 3. The SMILES string of the molecule is CC(C)(C)S(=O)NCCCc1ccnc(C(N)=O)c1. The Morgan fingerprint density at radius 2 is 2.16 bits per heavy atom. The van der Waals surface area contributed by atoms with Gasteiger partial charge in [0.05, 0.1) is 15.7 Å². The first-order valence-electron chi connectivity index (χ1n) is 6.21. The second kappa shape index (κ2) is 6.77. The molecule has 1 aromatic heterocycles. The van der Waals surface area contributed by atoms with Crippen LogP contribution in [0.2, 0.25) is 0 Å². The van der Waals surface area contributed by atoms with Crippen LogP contribution in [0.3, 0.4) is 0 Å². The zero-order valence-corrected chi connectivity index (χ0v) is 12.4. The van der Waals surface area contributed by atoms with Crippen molar-refractivity contribution >= 4 is 16.9 Å². The lowest BCUT2D eigenvalue weighted by molar-refractivity contribution is 0.0995. The first kappa shape index (κ1) is 15.8. The number of hydrogen-bond donors (Lipinski definition) is 2. The maximum Gasteiger partial charge on any atom is 0.267 e. The lowest BCUT2D eigenvalue weighted by Gasteiger charge is -2.17. The van der Waals surface area contributed by atoms with Gasteiger partial charge in [0.1, 0.15) is 5.69 Å². The van der Waals surface area contributed by atoms with Gasteiger partial charge in [-0.05, 0) is 51.3 Å². The number of nitrogens with zero attached hydrogens (tertiary/aromatic N) is 1. The Labute approximate surface area is 116 Å². The summed E-state index contributed by atoms with van der Waals surface area (Å²) in [6.07, 6.45) is 3.21. The van der Waals surface area contributed by atoms with Gasteiger partial charge in [-0.15, -0.1) is 0 Å². The zero-order chi connectivity index (χ0) is 14.5. The Kier molecular flexibility index (Phi) is 5.62. The summed E-state index contributed by atoms with van der Waals surface area (Å²) in [5.74, 6) is -0.520. The van der Waals surface area contributed by atoms with E-state index in [-0.39, 0.29) is 10.4 Å². The van der Waals surface area contributed by atoms with Gasteiger partial charge in [0.25, 0.3) is 5.91 Å². The number of aryl methyl sites for hydroxylation is 1. The predicted molar refractivity (Wildman–Crippen MR) is 77.0 cm³/mol. The lowest BCUT2D eigenvalue weighted by atomic mass is 10.1. The number of aromatic nitrogens is 1. The van der Waals surface area contributed by atoms with Crippen molar-refractivity contribution in [3.8, 4) is 0 Å². The Balaban J connectivity index is 2.40. The molecule has 0 aliphatic carbocycles. The molecule has 106 valence electrons. The van der Waals surface area contributed by atoms with E-state index in [0.29, 0.717) is 6.54 Å². The molecule has 0 saturated carbocycles. The molecule has 0 fully saturated rings. The monoisotopic (exact) mass is 283 g/mol. The zero-order valence-electron chi connectivity index (χ0n) is 11.6. The van der Waals surface area contributed by atoms with Crippen LogP contribution < -0.4 is 10.5 Å². The largest absolute Gasteiger partial charge is 0.364 e. The number of nitrogens with one attached hydrogen (secondary N) is 1. The highest BCUT2D eigenvalue weighted by Crippen LogP contribution is 2.09. The molecule has 0 spiro atoms. The molecular formula is C13H21N3O2S. The van der Waals surface area contributed by atoms with Crippen LogP contribution >= 0.6 is 0 Å². The highest BCUT2D eigenvalue weighted by atomic mass is 32.2. The van der Waals surface area contributed by atoms with Crippen LogP contribution in [0.5, 0.6) is 0 Å². The highest BCUT2D eigenvalue weighted by Gasteiger charge is 2.18. The fourth-order valence-electron chi connectivity index (χ4n) is 1.44. The molecule has 0 saturated heterocycles. The average molecular weight is 283 g/mol. The smallest absolute Gasteiger partial charge is 0.267 e. The summed E-state index contributed by atoms with van der Waals surface area (Å²) in [4.78, 5) is 14.9. The number of pyridine rings is 1. The average Bonchev–Trinajstić information content (AvgIpc) is 2.33. The van der Waals surface area contributed by atoms with Gasteiger partial charge in [-0.2, -0.15) is 0 Å². The summed E-state index contributed by atoms with van der Waals surface area (Å²) in [7, 11) is -1.04. The summed E-state index contributed by atoms with van der Waals surface area (Å²) in [5, 5.41) is 0. The normalized spacial score (nSPS) is 13.2. The van der Waals surface area contributed by atoms with Crippen molar-refractivity contribution in [3.63, 3.8) is 0 Å². The van der Waals surface area contributed by atoms with E-state index in [2.05, 4.69) is 9.71 Å². The molecule has 0 radical (unpaired) electrons. The highest BCUT2D eigenvalue weighted by molar-refractivity contribution is 7.84. The van der Waals surface area contributed by atoms with Crippen LogP contribution in [0.4, 0.5) is 0 Å². The van der Waals surface area contributed by atoms with E-state index in [1.165, 1.54) is 0 Å². The van der Waals surface area contributed by atoms with E-state index in [1.807, 2.05) is 26.8 Å². The lowest BCUT2D eigenvalue weighted by Crippen LogP contribution is -2.33. The first-order chi connectivity index (χ1) is 8.80. The number of primary amides is 1. The first-order valence-corrected chi connectivity index (χ1v) is 7.36. The third-order valence-electron chi connectivity index (χ3n) is 2.51. The van der Waals surface area contributed by atoms with Gasteiger partial charge in [0.15, 0.2) is 0 Å². The third-order valence-corrected chi connectivity index (χ3v) is 4.09. The Morgan fingerprint density at radius 1 is 1.47 bits per heavy atom. The fourth-order valence-corrected chi connectivity index (χ4v) is 2.20. The van der Waals surface area contributed by atoms with Crippen LogP contribution in [-0.4, -0.2) is 26.4 Å². The minimum atomic E-state index is -1.04. The molecule has 0 aliphatic rings. The van der Waals surface area contributed by atoms with Gasteiger partial charge < -0.3 is 5.73 Å². The second-order valence-electron chi connectivity index (χ2n) is 5.29. The standard InChI is InChI=1S/C13H21N3O2S/c1-13(2,3)19(18)16-7-4-5-10-6-8-15-11(9-10)12(14)17/h6,8-9,16H,4-5,7H2,1-3H3,(H2,14,17).